The highest BCUT2D eigenvalue weighted by Gasteiger charge is 2.10. The Morgan fingerprint density at radius 2 is 1.79 bits per heavy atom. The number of nitrogens with two attached hydrogens (primary N) is 1. The first kappa shape index (κ1) is 13.6. The van der Waals surface area contributed by atoms with E-state index < -0.39 is 0 Å². The number of aromatic nitrogens is 2. The lowest BCUT2D eigenvalue weighted by Gasteiger charge is -2.06. The highest BCUT2D eigenvalue weighted by molar-refractivity contribution is 5.90. The molecule has 2 N–H and O–H groups in total. The van der Waals surface area contributed by atoms with Crippen molar-refractivity contribution in [1.82, 2.24) is 10.3 Å². The minimum absolute atomic E-state index is 0.558. The Morgan fingerprint density at radius 3 is 2.63 bits per heavy atom. The van der Waals surface area contributed by atoms with Crippen LogP contribution < -0.4 is 10.5 Å². The Morgan fingerprint density at radius 1 is 1.05 bits per heavy atom. The van der Waals surface area contributed by atoms with E-state index in [0.717, 1.165) is 6.42 Å². The monoisotopic (exact) mass is 263 g/mol. The molecule has 2 rings (SSSR count). The Balaban J connectivity index is 1.79. The van der Waals surface area contributed by atoms with Gasteiger partial charge in [-0.05, 0) is 28.9 Å². The summed E-state index contributed by atoms with van der Waals surface area (Å²) in [5.41, 5.74) is 7.51. The van der Waals surface area contributed by atoms with Gasteiger partial charge in [-0.3, -0.25) is 0 Å². The fourth-order valence-electron chi connectivity index (χ4n) is 2.04. The molecule has 0 unspecified atom stereocenters. The third-order valence-electron chi connectivity index (χ3n) is 3.17. The summed E-state index contributed by atoms with van der Waals surface area (Å²) in [6.07, 6.45) is 7.45. The summed E-state index contributed by atoms with van der Waals surface area (Å²) in [6, 6.07) is 3.59. The number of ether oxygens (including phenoxy) is 1. The Bertz CT molecular complexity index is 510. The second kappa shape index (κ2) is 6.97. The number of fused-ring (bicyclic) bond motifs is 1. The van der Waals surface area contributed by atoms with E-state index in [1.807, 2.05) is 6.07 Å². The lowest BCUT2D eigenvalue weighted by atomic mass is 10.1. The van der Waals surface area contributed by atoms with Gasteiger partial charge in [0.25, 0.3) is 0 Å². The molecule has 0 saturated heterocycles. The molecule has 0 aliphatic rings. The molecule has 0 saturated carbocycles. The minimum atomic E-state index is 0.558. The highest BCUT2D eigenvalue weighted by atomic mass is 16.6. The van der Waals surface area contributed by atoms with Crippen LogP contribution >= 0.6 is 0 Å². The summed E-state index contributed by atoms with van der Waals surface area (Å²) >= 11 is 0. The van der Waals surface area contributed by atoms with Gasteiger partial charge in [0.15, 0.2) is 16.8 Å². The topological polar surface area (TPSA) is 74.2 Å². The fraction of sp³-hybridized carbons (Fsp3) is 0.571. The fourth-order valence-corrected chi connectivity index (χ4v) is 2.04. The maximum absolute atomic E-state index is 5.77. The molecule has 1 heterocycles. The van der Waals surface area contributed by atoms with Crippen molar-refractivity contribution in [2.45, 2.75) is 45.4 Å². The summed E-state index contributed by atoms with van der Waals surface area (Å²) < 4.78 is 10.4. The molecule has 19 heavy (non-hydrogen) atoms. The molecule has 5 heteroatoms. The van der Waals surface area contributed by atoms with Crippen LogP contribution in [0.25, 0.3) is 11.0 Å². The van der Waals surface area contributed by atoms with Crippen molar-refractivity contribution >= 4 is 16.7 Å². The maximum atomic E-state index is 5.77. The second-order valence-corrected chi connectivity index (χ2v) is 4.73. The molecule has 0 atom stereocenters. The van der Waals surface area contributed by atoms with Gasteiger partial charge in [0.2, 0.25) is 0 Å². The third kappa shape index (κ3) is 3.59. The first-order valence-electron chi connectivity index (χ1n) is 6.96. The van der Waals surface area contributed by atoms with Gasteiger partial charge >= 0.3 is 0 Å². The van der Waals surface area contributed by atoms with Gasteiger partial charge in [0, 0.05) is 0 Å². The summed E-state index contributed by atoms with van der Waals surface area (Å²) in [6.45, 7) is 2.92. The first-order valence-corrected chi connectivity index (χ1v) is 6.96. The summed E-state index contributed by atoms with van der Waals surface area (Å²) in [5.74, 6) is 0.694. The van der Waals surface area contributed by atoms with E-state index in [9.17, 15) is 0 Å². The predicted octanol–water partition coefficient (Wildman–Crippen LogP) is 3.54. The van der Waals surface area contributed by atoms with Crippen LogP contribution in [0, 0.1) is 0 Å². The number of hydrogen-bond acceptors (Lipinski definition) is 5. The van der Waals surface area contributed by atoms with Gasteiger partial charge < -0.3 is 10.5 Å². The number of nitrogens with zero attached hydrogens (tertiary/aromatic N) is 2. The van der Waals surface area contributed by atoms with Crippen molar-refractivity contribution < 1.29 is 9.37 Å². The number of benzene rings is 1. The lowest BCUT2D eigenvalue weighted by Crippen LogP contribution is -1.98. The Labute approximate surface area is 113 Å². The largest absolute Gasteiger partial charge is 0.491 e. The summed E-state index contributed by atoms with van der Waals surface area (Å²) in [5, 5.41) is 7.59. The smallest absolute Gasteiger partial charge is 0.179 e. The highest BCUT2D eigenvalue weighted by Crippen LogP contribution is 2.27. The zero-order valence-corrected chi connectivity index (χ0v) is 11.4. The van der Waals surface area contributed by atoms with Crippen LogP contribution in [0.2, 0.25) is 0 Å². The number of anilines is 1. The number of hydrogen-bond donors (Lipinski definition) is 1. The molecule has 0 bridgehead atoms. The van der Waals surface area contributed by atoms with Crippen molar-refractivity contribution in [3.8, 4) is 5.75 Å². The number of nitrogen functional groups attached to an aromatic ring is 1. The van der Waals surface area contributed by atoms with Gasteiger partial charge in [-0.2, -0.15) is 0 Å². The molecule has 0 spiro atoms. The molecule has 0 aliphatic carbocycles. The molecule has 1 aromatic heterocycles. The normalized spacial score (nSPS) is 11.0. The average molecular weight is 263 g/mol. The lowest BCUT2D eigenvalue weighted by molar-refractivity contribution is 0.298. The molecule has 1 aromatic carbocycles. The van der Waals surface area contributed by atoms with E-state index in [0.29, 0.717) is 29.1 Å². The molecule has 0 radical (unpaired) electrons. The maximum Gasteiger partial charge on any atom is 0.179 e. The Hall–Kier alpha value is -1.78. The number of rotatable bonds is 8. The van der Waals surface area contributed by atoms with Crippen molar-refractivity contribution in [3.05, 3.63) is 12.1 Å². The molecule has 2 aromatic rings. The van der Waals surface area contributed by atoms with Crippen LogP contribution in [-0.4, -0.2) is 16.9 Å². The van der Waals surface area contributed by atoms with Crippen molar-refractivity contribution in [1.29, 1.82) is 0 Å². The zero-order chi connectivity index (χ0) is 13.5. The van der Waals surface area contributed by atoms with Crippen LogP contribution in [0.4, 0.5) is 5.69 Å². The first-order chi connectivity index (χ1) is 9.33. The second-order valence-electron chi connectivity index (χ2n) is 4.73. The van der Waals surface area contributed by atoms with E-state index in [1.165, 1.54) is 32.1 Å². The minimum Gasteiger partial charge on any atom is -0.491 e. The number of unbranched alkanes of at least 4 members (excludes halogenated alkanes) is 5. The predicted molar refractivity (Wildman–Crippen MR) is 75.1 cm³/mol. The van der Waals surface area contributed by atoms with Crippen LogP contribution in [0.5, 0.6) is 5.75 Å². The van der Waals surface area contributed by atoms with E-state index >= 15 is 0 Å². The quantitative estimate of drug-likeness (QED) is 0.582. The van der Waals surface area contributed by atoms with Gasteiger partial charge in [-0.25, -0.2) is 4.63 Å². The van der Waals surface area contributed by atoms with Crippen molar-refractivity contribution in [2.24, 2.45) is 0 Å². The van der Waals surface area contributed by atoms with Crippen molar-refractivity contribution in [2.75, 3.05) is 12.3 Å². The van der Waals surface area contributed by atoms with Crippen molar-refractivity contribution in [3.63, 3.8) is 0 Å². The zero-order valence-electron chi connectivity index (χ0n) is 11.4. The van der Waals surface area contributed by atoms with Gasteiger partial charge in [0.1, 0.15) is 0 Å². The van der Waals surface area contributed by atoms with E-state index in [4.69, 9.17) is 15.1 Å². The molecule has 104 valence electrons. The molecular formula is C14H21N3O2. The molecular weight excluding hydrogens is 242 g/mol. The van der Waals surface area contributed by atoms with E-state index in [1.54, 1.807) is 6.07 Å². The third-order valence-corrected chi connectivity index (χ3v) is 3.17. The average Bonchev–Trinajstić information content (AvgIpc) is 2.90. The summed E-state index contributed by atoms with van der Waals surface area (Å²) in [4.78, 5) is 0. The van der Waals surface area contributed by atoms with Crippen LogP contribution in [0.15, 0.2) is 16.8 Å². The molecule has 5 nitrogen and oxygen atoms in total. The van der Waals surface area contributed by atoms with Crippen LogP contribution in [-0.2, 0) is 0 Å². The molecule has 0 amide bonds. The summed E-state index contributed by atoms with van der Waals surface area (Å²) in [7, 11) is 0. The molecule has 0 aliphatic heterocycles. The SMILES string of the molecule is CCCCCCCCOc1ccc(N)c2nonc12. The van der Waals surface area contributed by atoms with E-state index in [2.05, 4.69) is 17.2 Å². The Kier molecular flexibility index (Phi) is 5.01. The van der Waals surface area contributed by atoms with E-state index in [-0.39, 0.29) is 0 Å². The van der Waals surface area contributed by atoms with Crippen LogP contribution in [0.1, 0.15) is 45.4 Å². The standard InChI is InChI=1S/C14H21N3O2/c1-2-3-4-5-6-7-10-18-12-9-8-11(15)13-14(12)17-19-16-13/h8-9H,2-7,10,15H2,1H3. The van der Waals surface area contributed by atoms with Crippen LogP contribution in [0.3, 0.4) is 0 Å². The molecule has 0 fully saturated rings. The van der Waals surface area contributed by atoms with Gasteiger partial charge in [-0.15, -0.1) is 0 Å². The van der Waals surface area contributed by atoms with Gasteiger partial charge in [-0.1, -0.05) is 39.0 Å². The van der Waals surface area contributed by atoms with Gasteiger partial charge in [0.05, 0.1) is 12.3 Å².